The Morgan fingerprint density at radius 2 is 2.18 bits per heavy atom. The second kappa shape index (κ2) is 6.02. The molecule has 0 aliphatic heterocycles. The average molecular weight is 364 g/mol. The van der Waals surface area contributed by atoms with Crippen molar-refractivity contribution in [1.29, 1.82) is 0 Å². The second-order valence-electron chi connectivity index (χ2n) is 4.19. The number of nitrogens with zero attached hydrogens (tertiary/aromatic N) is 2. The van der Waals surface area contributed by atoms with Gasteiger partial charge >= 0.3 is 6.01 Å². The summed E-state index contributed by atoms with van der Waals surface area (Å²) in [7, 11) is 1.53. The third-order valence-corrected chi connectivity index (χ3v) is 3.49. The third-order valence-electron chi connectivity index (χ3n) is 2.80. The molecule has 1 N–H and O–H groups in total. The first-order chi connectivity index (χ1) is 10.7. The lowest BCUT2D eigenvalue weighted by molar-refractivity contribution is 0.102. The number of rotatable bonds is 4. The van der Waals surface area contributed by atoms with Gasteiger partial charge in [-0.1, -0.05) is 5.10 Å². The van der Waals surface area contributed by atoms with Gasteiger partial charge < -0.3 is 13.6 Å². The van der Waals surface area contributed by atoms with Gasteiger partial charge in [-0.25, -0.2) is 0 Å². The van der Waals surface area contributed by atoms with E-state index in [0.717, 1.165) is 0 Å². The summed E-state index contributed by atoms with van der Waals surface area (Å²) in [5.74, 6) is 0.774. The summed E-state index contributed by atoms with van der Waals surface area (Å²) >= 11 is 3.31. The molecule has 1 amide bonds. The molecular formula is C14H10BrN3O4. The van der Waals surface area contributed by atoms with E-state index in [2.05, 4.69) is 31.4 Å². The summed E-state index contributed by atoms with van der Waals surface area (Å²) in [6.45, 7) is 0. The van der Waals surface area contributed by atoms with Gasteiger partial charge in [-0.15, -0.1) is 5.10 Å². The molecule has 2 heterocycles. The van der Waals surface area contributed by atoms with Crippen LogP contribution in [0.5, 0.6) is 5.75 Å². The van der Waals surface area contributed by atoms with E-state index in [9.17, 15) is 4.79 Å². The van der Waals surface area contributed by atoms with Gasteiger partial charge in [0.1, 0.15) is 5.75 Å². The summed E-state index contributed by atoms with van der Waals surface area (Å²) in [5, 5.41) is 10.1. The maximum Gasteiger partial charge on any atom is 0.322 e. The average Bonchev–Trinajstić information content (AvgIpc) is 3.18. The Morgan fingerprint density at radius 3 is 2.91 bits per heavy atom. The lowest BCUT2D eigenvalue weighted by atomic mass is 10.2. The molecule has 0 fully saturated rings. The first kappa shape index (κ1) is 14.3. The van der Waals surface area contributed by atoms with Crippen LogP contribution in [0, 0.1) is 0 Å². The topological polar surface area (TPSA) is 90.4 Å². The van der Waals surface area contributed by atoms with Crippen LogP contribution in [0.3, 0.4) is 0 Å². The molecule has 8 heteroatoms. The largest absolute Gasteiger partial charge is 0.497 e. The summed E-state index contributed by atoms with van der Waals surface area (Å²) in [6.07, 6.45) is 1.49. The van der Waals surface area contributed by atoms with Crippen LogP contribution in [-0.4, -0.2) is 23.2 Å². The quantitative estimate of drug-likeness (QED) is 0.764. The lowest BCUT2D eigenvalue weighted by Crippen LogP contribution is -2.13. The van der Waals surface area contributed by atoms with Crippen LogP contribution in [0.2, 0.25) is 0 Å². The number of ether oxygens (including phenoxy) is 1. The molecule has 3 aromatic rings. The van der Waals surface area contributed by atoms with Crippen LogP contribution in [0.4, 0.5) is 6.01 Å². The van der Waals surface area contributed by atoms with E-state index >= 15 is 0 Å². The number of furan rings is 1. The minimum absolute atomic E-state index is 0.0221. The number of hydrogen-bond donors (Lipinski definition) is 1. The standard InChI is InChI=1S/C14H10BrN3O4/c1-20-8-4-5-10(15)9(7-8)12(19)16-14-18-17-13(22-14)11-3-2-6-21-11/h2-7H,1H3,(H,16,18,19). The number of carbonyl (C=O) groups excluding carboxylic acids is 1. The highest BCUT2D eigenvalue weighted by Crippen LogP contribution is 2.24. The van der Waals surface area contributed by atoms with Crippen molar-refractivity contribution in [2.24, 2.45) is 0 Å². The number of carbonyl (C=O) groups is 1. The first-order valence-electron chi connectivity index (χ1n) is 6.19. The molecule has 3 rings (SSSR count). The molecule has 1 aromatic carbocycles. The Labute approximate surface area is 133 Å². The van der Waals surface area contributed by atoms with Crippen molar-refractivity contribution in [2.45, 2.75) is 0 Å². The first-order valence-corrected chi connectivity index (χ1v) is 6.99. The Kier molecular flexibility index (Phi) is 3.92. The van der Waals surface area contributed by atoms with Gasteiger partial charge in [-0.3, -0.25) is 10.1 Å². The van der Waals surface area contributed by atoms with Crippen LogP contribution in [0.1, 0.15) is 10.4 Å². The molecule has 7 nitrogen and oxygen atoms in total. The van der Waals surface area contributed by atoms with Gasteiger partial charge in [-0.2, -0.15) is 0 Å². The van der Waals surface area contributed by atoms with Crippen molar-refractivity contribution in [2.75, 3.05) is 12.4 Å². The molecule has 112 valence electrons. The SMILES string of the molecule is COc1ccc(Br)c(C(=O)Nc2nnc(-c3ccco3)o2)c1. The number of nitrogens with one attached hydrogen (secondary N) is 1. The Morgan fingerprint density at radius 1 is 1.32 bits per heavy atom. The van der Waals surface area contributed by atoms with Crippen LogP contribution in [0.15, 0.2) is 49.9 Å². The van der Waals surface area contributed by atoms with E-state index in [1.165, 1.54) is 13.4 Å². The van der Waals surface area contributed by atoms with Crippen LogP contribution in [-0.2, 0) is 0 Å². The van der Waals surface area contributed by atoms with Gasteiger partial charge in [0, 0.05) is 4.47 Å². The van der Waals surface area contributed by atoms with Gasteiger partial charge in [0.05, 0.1) is 18.9 Å². The molecule has 0 spiro atoms. The number of aromatic nitrogens is 2. The molecule has 0 unspecified atom stereocenters. The fraction of sp³-hybridized carbons (Fsp3) is 0.0714. The molecule has 0 radical (unpaired) electrons. The normalized spacial score (nSPS) is 10.5. The second-order valence-corrected chi connectivity index (χ2v) is 5.04. The zero-order valence-electron chi connectivity index (χ0n) is 11.4. The predicted octanol–water partition coefficient (Wildman–Crippen LogP) is 3.35. The molecule has 0 saturated carbocycles. The van der Waals surface area contributed by atoms with E-state index < -0.39 is 5.91 Å². The van der Waals surface area contributed by atoms with Crippen molar-refractivity contribution in [3.8, 4) is 17.4 Å². The molecule has 0 aliphatic rings. The number of anilines is 1. The lowest BCUT2D eigenvalue weighted by Gasteiger charge is -2.06. The third kappa shape index (κ3) is 2.86. The van der Waals surface area contributed by atoms with Crippen LogP contribution in [0.25, 0.3) is 11.7 Å². The number of benzene rings is 1. The fourth-order valence-electron chi connectivity index (χ4n) is 1.74. The smallest absolute Gasteiger partial charge is 0.322 e. The molecule has 22 heavy (non-hydrogen) atoms. The molecule has 0 atom stereocenters. The Bertz CT molecular complexity index is 798. The summed E-state index contributed by atoms with van der Waals surface area (Å²) in [5.41, 5.74) is 0.386. The number of amides is 1. The van der Waals surface area contributed by atoms with Crippen LogP contribution < -0.4 is 10.1 Å². The molecule has 0 saturated heterocycles. The van der Waals surface area contributed by atoms with Crippen molar-refractivity contribution >= 4 is 27.9 Å². The predicted molar refractivity (Wildman–Crippen MR) is 80.6 cm³/mol. The minimum Gasteiger partial charge on any atom is -0.497 e. The monoisotopic (exact) mass is 363 g/mol. The van der Waals surface area contributed by atoms with E-state index in [1.54, 1.807) is 30.3 Å². The summed E-state index contributed by atoms with van der Waals surface area (Å²) < 4.78 is 16.2. The van der Waals surface area contributed by atoms with Gasteiger partial charge in [0.25, 0.3) is 11.8 Å². The van der Waals surface area contributed by atoms with Crippen molar-refractivity contribution in [1.82, 2.24) is 10.2 Å². The molecule has 0 bridgehead atoms. The van der Waals surface area contributed by atoms with Crippen molar-refractivity contribution in [3.63, 3.8) is 0 Å². The Hall–Kier alpha value is -2.61. The highest BCUT2D eigenvalue weighted by Gasteiger charge is 2.16. The number of halogens is 1. The van der Waals surface area contributed by atoms with Gasteiger partial charge in [-0.05, 0) is 46.3 Å². The van der Waals surface area contributed by atoms with E-state index in [1.807, 2.05) is 0 Å². The molecule has 0 aliphatic carbocycles. The highest BCUT2D eigenvalue weighted by molar-refractivity contribution is 9.10. The number of hydrogen-bond acceptors (Lipinski definition) is 6. The van der Waals surface area contributed by atoms with Crippen LogP contribution >= 0.6 is 15.9 Å². The summed E-state index contributed by atoms with van der Waals surface area (Å²) in [4.78, 5) is 12.3. The summed E-state index contributed by atoms with van der Waals surface area (Å²) in [6, 6.07) is 8.41. The van der Waals surface area contributed by atoms with Crippen molar-refractivity contribution in [3.05, 3.63) is 46.6 Å². The minimum atomic E-state index is -0.402. The van der Waals surface area contributed by atoms with E-state index in [4.69, 9.17) is 13.6 Å². The zero-order chi connectivity index (χ0) is 15.5. The molecular weight excluding hydrogens is 354 g/mol. The highest BCUT2D eigenvalue weighted by atomic mass is 79.9. The fourth-order valence-corrected chi connectivity index (χ4v) is 2.17. The van der Waals surface area contributed by atoms with E-state index in [-0.39, 0.29) is 11.9 Å². The number of methoxy groups -OCH3 is 1. The zero-order valence-corrected chi connectivity index (χ0v) is 13.0. The van der Waals surface area contributed by atoms with Gasteiger partial charge in [0.15, 0.2) is 5.76 Å². The van der Waals surface area contributed by atoms with E-state index in [0.29, 0.717) is 21.5 Å². The molecule has 2 aromatic heterocycles. The Balaban J connectivity index is 1.80. The van der Waals surface area contributed by atoms with Crippen molar-refractivity contribution < 1.29 is 18.4 Å². The van der Waals surface area contributed by atoms with Gasteiger partial charge in [0.2, 0.25) is 0 Å². The maximum absolute atomic E-state index is 12.3. The maximum atomic E-state index is 12.3.